The highest BCUT2D eigenvalue weighted by molar-refractivity contribution is 5.92. The van der Waals surface area contributed by atoms with Crippen LogP contribution in [0.5, 0.6) is 0 Å². The smallest absolute Gasteiger partial charge is 0.271 e. The van der Waals surface area contributed by atoms with Crippen molar-refractivity contribution < 1.29 is 9.59 Å². The summed E-state index contributed by atoms with van der Waals surface area (Å²) < 4.78 is 1.40. The van der Waals surface area contributed by atoms with Gasteiger partial charge in [0.15, 0.2) is 17.8 Å². The molecule has 0 unspecified atom stereocenters. The Morgan fingerprint density at radius 2 is 2.29 bits per heavy atom. The van der Waals surface area contributed by atoms with Crippen LogP contribution in [0, 0.1) is 0 Å². The number of aldehydes is 1. The zero-order valence-electron chi connectivity index (χ0n) is 9.12. The Balaban J connectivity index is 2.43. The van der Waals surface area contributed by atoms with Gasteiger partial charge < -0.3 is 5.32 Å². The van der Waals surface area contributed by atoms with Crippen LogP contribution < -0.4 is 5.32 Å². The molecule has 0 saturated carbocycles. The minimum Gasteiger partial charge on any atom is -0.354 e. The van der Waals surface area contributed by atoms with Gasteiger partial charge in [-0.05, 0) is 18.2 Å². The Morgan fingerprint density at radius 1 is 1.47 bits per heavy atom. The normalized spacial score (nSPS) is 9.94. The topological polar surface area (TPSA) is 76.9 Å². The number of carbonyl (C=O) groups is 2. The van der Waals surface area contributed by atoms with Crippen molar-refractivity contribution in [1.29, 1.82) is 0 Å². The molecule has 2 rings (SSSR count). The molecule has 0 spiro atoms. The lowest BCUT2D eigenvalue weighted by atomic mass is 10.3. The maximum absolute atomic E-state index is 11.3. The van der Waals surface area contributed by atoms with E-state index in [0.717, 1.165) is 0 Å². The van der Waals surface area contributed by atoms with E-state index in [-0.39, 0.29) is 11.6 Å². The van der Waals surface area contributed by atoms with Gasteiger partial charge in [0, 0.05) is 19.4 Å². The van der Waals surface area contributed by atoms with Gasteiger partial charge in [-0.1, -0.05) is 0 Å². The number of pyridine rings is 1. The molecule has 0 aliphatic heterocycles. The molecular weight excluding hydrogens is 220 g/mol. The Kier molecular flexibility index (Phi) is 2.95. The summed E-state index contributed by atoms with van der Waals surface area (Å²) in [4.78, 5) is 26.2. The summed E-state index contributed by atoms with van der Waals surface area (Å²) in [6.07, 6.45) is 3.84. The van der Waals surface area contributed by atoms with E-state index in [1.165, 1.54) is 11.7 Å². The van der Waals surface area contributed by atoms with Crippen molar-refractivity contribution in [2.75, 3.05) is 7.05 Å². The first kappa shape index (κ1) is 11.0. The lowest BCUT2D eigenvalue weighted by molar-refractivity contribution is 0.0957. The molecule has 0 radical (unpaired) electrons. The highest BCUT2D eigenvalue weighted by atomic mass is 16.1. The van der Waals surface area contributed by atoms with Gasteiger partial charge in [-0.15, -0.1) is 0 Å². The Labute approximate surface area is 97.3 Å². The largest absolute Gasteiger partial charge is 0.354 e. The lowest BCUT2D eigenvalue weighted by Gasteiger charge is -2.02. The fourth-order valence-electron chi connectivity index (χ4n) is 1.38. The van der Waals surface area contributed by atoms with Crippen LogP contribution >= 0.6 is 0 Å². The summed E-state index contributed by atoms with van der Waals surface area (Å²) in [5, 5.41) is 6.51. The third kappa shape index (κ3) is 2.05. The first-order chi connectivity index (χ1) is 8.26. The van der Waals surface area contributed by atoms with Crippen molar-refractivity contribution in [2.24, 2.45) is 0 Å². The van der Waals surface area contributed by atoms with Crippen molar-refractivity contribution in [3.63, 3.8) is 0 Å². The van der Waals surface area contributed by atoms with Crippen LogP contribution in [0.15, 0.2) is 30.6 Å². The van der Waals surface area contributed by atoms with E-state index in [9.17, 15) is 9.59 Å². The van der Waals surface area contributed by atoms with Crippen molar-refractivity contribution in [1.82, 2.24) is 20.1 Å². The van der Waals surface area contributed by atoms with Gasteiger partial charge >= 0.3 is 0 Å². The van der Waals surface area contributed by atoms with E-state index in [0.29, 0.717) is 17.7 Å². The summed E-state index contributed by atoms with van der Waals surface area (Å²) in [7, 11) is 1.53. The SMILES string of the molecule is CNC(=O)c1ccn(-c2ncccc2C=O)n1. The first-order valence-electron chi connectivity index (χ1n) is 4.94. The van der Waals surface area contributed by atoms with Crippen molar-refractivity contribution in [2.45, 2.75) is 0 Å². The average Bonchev–Trinajstić information content (AvgIpc) is 2.87. The maximum atomic E-state index is 11.3. The Morgan fingerprint density at radius 3 is 3.00 bits per heavy atom. The van der Waals surface area contributed by atoms with Gasteiger partial charge in [0.1, 0.15) is 0 Å². The minimum absolute atomic E-state index is 0.273. The van der Waals surface area contributed by atoms with Crippen molar-refractivity contribution >= 4 is 12.2 Å². The van der Waals surface area contributed by atoms with Gasteiger partial charge in [0.25, 0.3) is 5.91 Å². The summed E-state index contributed by atoms with van der Waals surface area (Å²) in [5.41, 5.74) is 0.689. The number of hydrogen-bond donors (Lipinski definition) is 1. The first-order valence-corrected chi connectivity index (χ1v) is 4.94. The molecule has 0 aromatic carbocycles. The van der Waals surface area contributed by atoms with Gasteiger partial charge in [0.2, 0.25) is 0 Å². The molecule has 6 nitrogen and oxygen atoms in total. The molecule has 1 amide bonds. The molecule has 2 heterocycles. The number of carbonyl (C=O) groups excluding carboxylic acids is 2. The van der Waals surface area contributed by atoms with Gasteiger partial charge in [-0.3, -0.25) is 9.59 Å². The van der Waals surface area contributed by atoms with Crippen molar-refractivity contribution in [3.8, 4) is 5.82 Å². The molecule has 6 heteroatoms. The van der Waals surface area contributed by atoms with E-state index in [2.05, 4.69) is 15.4 Å². The molecular formula is C11H10N4O2. The molecule has 0 bridgehead atoms. The second kappa shape index (κ2) is 4.56. The second-order valence-electron chi connectivity index (χ2n) is 3.26. The van der Waals surface area contributed by atoms with Crippen LogP contribution in [0.25, 0.3) is 5.82 Å². The summed E-state index contributed by atoms with van der Waals surface area (Å²) in [6.45, 7) is 0. The average molecular weight is 230 g/mol. The number of nitrogens with one attached hydrogen (secondary N) is 1. The van der Waals surface area contributed by atoms with Gasteiger partial charge in [-0.2, -0.15) is 5.10 Å². The maximum Gasteiger partial charge on any atom is 0.271 e. The van der Waals surface area contributed by atoms with Crippen LogP contribution in [-0.2, 0) is 0 Å². The van der Waals surface area contributed by atoms with Crippen LogP contribution in [-0.4, -0.2) is 34.0 Å². The molecule has 0 fully saturated rings. The summed E-state index contributed by atoms with van der Waals surface area (Å²) in [6, 6.07) is 4.86. The second-order valence-corrected chi connectivity index (χ2v) is 3.26. The molecule has 2 aromatic rings. The van der Waals surface area contributed by atoms with E-state index >= 15 is 0 Å². The molecule has 0 aliphatic carbocycles. The van der Waals surface area contributed by atoms with Crippen molar-refractivity contribution in [3.05, 3.63) is 41.9 Å². The van der Waals surface area contributed by atoms with E-state index in [1.807, 2.05) is 0 Å². The zero-order chi connectivity index (χ0) is 12.3. The molecule has 2 aromatic heterocycles. The zero-order valence-corrected chi connectivity index (χ0v) is 9.12. The highest BCUT2D eigenvalue weighted by Gasteiger charge is 2.10. The van der Waals surface area contributed by atoms with Crippen LogP contribution in [0.4, 0.5) is 0 Å². The van der Waals surface area contributed by atoms with E-state index in [1.54, 1.807) is 30.6 Å². The van der Waals surface area contributed by atoms with Crippen LogP contribution in [0.3, 0.4) is 0 Å². The Bertz CT molecular complexity index is 562. The molecule has 17 heavy (non-hydrogen) atoms. The third-order valence-corrected chi connectivity index (χ3v) is 2.21. The third-order valence-electron chi connectivity index (χ3n) is 2.21. The van der Waals surface area contributed by atoms with Gasteiger partial charge in [0.05, 0.1) is 5.56 Å². The predicted octanol–water partition coefficient (Wildman–Crippen LogP) is 0.439. The fourth-order valence-corrected chi connectivity index (χ4v) is 1.38. The van der Waals surface area contributed by atoms with Crippen LogP contribution in [0.1, 0.15) is 20.8 Å². The molecule has 0 saturated heterocycles. The summed E-state index contributed by atoms with van der Waals surface area (Å²) >= 11 is 0. The number of rotatable bonds is 3. The minimum atomic E-state index is -0.285. The fraction of sp³-hybridized carbons (Fsp3) is 0.0909. The number of amides is 1. The monoisotopic (exact) mass is 230 g/mol. The van der Waals surface area contributed by atoms with E-state index in [4.69, 9.17) is 0 Å². The number of aromatic nitrogens is 3. The van der Waals surface area contributed by atoms with Crippen LogP contribution in [0.2, 0.25) is 0 Å². The quantitative estimate of drug-likeness (QED) is 0.776. The molecule has 1 N–H and O–H groups in total. The lowest BCUT2D eigenvalue weighted by Crippen LogP contribution is -2.18. The predicted molar refractivity (Wildman–Crippen MR) is 60.1 cm³/mol. The Hall–Kier alpha value is -2.50. The standard InChI is InChI=1S/C11H10N4O2/c1-12-11(17)9-4-6-15(14-9)10-8(7-16)3-2-5-13-10/h2-7H,1H3,(H,12,17). The summed E-state index contributed by atoms with van der Waals surface area (Å²) in [5.74, 6) is 0.116. The highest BCUT2D eigenvalue weighted by Crippen LogP contribution is 2.08. The number of hydrogen-bond acceptors (Lipinski definition) is 4. The van der Waals surface area contributed by atoms with E-state index < -0.39 is 0 Å². The molecule has 0 atom stereocenters. The number of nitrogens with zero attached hydrogens (tertiary/aromatic N) is 3. The molecule has 0 aliphatic rings. The van der Waals surface area contributed by atoms with Gasteiger partial charge in [-0.25, -0.2) is 9.67 Å². The molecule has 86 valence electrons.